The lowest BCUT2D eigenvalue weighted by molar-refractivity contribution is 0.0986. The van der Waals surface area contributed by atoms with Gasteiger partial charge in [0, 0.05) is 5.56 Å². The first-order valence-electron chi connectivity index (χ1n) is 5.59. The first-order chi connectivity index (χ1) is 8.59. The minimum Gasteiger partial charge on any atom is -0.292 e. The van der Waals surface area contributed by atoms with Crippen molar-refractivity contribution in [1.82, 2.24) is 0 Å². The Balaban J connectivity index is 2.32. The molecule has 0 aliphatic heterocycles. The largest absolute Gasteiger partial charge is 0.292 e. The van der Waals surface area contributed by atoms with Crippen molar-refractivity contribution in [2.75, 3.05) is 0 Å². The molecule has 0 amide bonds. The van der Waals surface area contributed by atoms with E-state index in [0.717, 1.165) is 5.56 Å². The quantitative estimate of drug-likeness (QED) is 0.595. The van der Waals surface area contributed by atoms with Gasteiger partial charge in [0.15, 0.2) is 5.78 Å². The summed E-state index contributed by atoms with van der Waals surface area (Å²) in [6.07, 6.45) is 0. The first kappa shape index (κ1) is 12.8. The maximum Gasteiger partial charge on any atom is 0.185 e. The third-order valence-corrected chi connectivity index (χ3v) is 3.23. The van der Waals surface area contributed by atoms with E-state index in [4.69, 9.17) is 11.6 Å². The molecule has 0 heterocycles. The van der Waals surface area contributed by atoms with Crippen LogP contribution < -0.4 is 0 Å². The molecule has 0 N–H and O–H groups in total. The van der Waals surface area contributed by atoms with Crippen molar-refractivity contribution in [3.63, 3.8) is 0 Å². The second-order valence-corrected chi connectivity index (χ2v) is 4.53. The van der Waals surface area contributed by atoms with Gasteiger partial charge in [-0.1, -0.05) is 30.3 Å². The standard InChI is InChI=1S/C15H12ClFO/c1-10-9-12(17)7-8-13(10)15(18)14(16)11-5-3-2-4-6-11/h2-9,14H,1H3. The lowest BCUT2D eigenvalue weighted by Crippen LogP contribution is -2.09. The van der Waals surface area contributed by atoms with Gasteiger partial charge in [0.1, 0.15) is 11.2 Å². The van der Waals surface area contributed by atoms with E-state index in [1.807, 2.05) is 18.2 Å². The van der Waals surface area contributed by atoms with Crippen LogP contribution in [-0.4, -0.2) is 5.78 Å². The first-order valence-corrected chi connectivity index (χ1v) is 6.02. The number of carbonyl (C=O) groups excluding carboxylic acids is 1. The molecular formula is C15H12ClFO. The molecule has 0 aliphatic rings. The molecule has 0 saturated heterocycles. The van der Waals surface area contributed by atoms with E-state index in [2.05, 4.69) is 0 Å². The topological polar surface area (TPSA) is 17.1 Å². The molecular weight excluding hydrogens is 251 g/mol. The Morgan fingerprint density at radius 2 is 1.83 bits per heavy atom. The van der Waals surface area contributed by atoms with Crippen molar-refractivity contribution < 1.29 is 9.18 Å². The summed E-state index contributed by atoms with van der Waals surface area (Å²) in [6, 6.07) is 13.2. The number of rotatable bonds is 3. The van der Waals surface area contributed by atoms with Crippen LogP contribution in [0.3, 0.4) is 0 Å². The van der Waals surface area contributed by atoms with Crippen molar-refractivity contribution in [2.24, 2.45) is 0 Å². The van der Waals surface area contributed by atoms with Gasteiger partial charge in [-0.2, -0.15) is 0 Å². The molecule has 92 valence electrons. The highest BCUT2D eigenvalue weighted by molar-refractivity contribution is 6.34. The van der Waals surface area contributed by atoms with Crippen LogP contribution in [0.5, 0.6) is 0 Å². The van der Waals surface area contributed by atoms with E-state index < -0.39 is 5.38 Å². The molecule has 0 aliphatic carbocycles. The molecule has 0 radical (unpaired) electrons. The fraction of sp³-hybridized carbons (Fsp3) is 0.133. The average molecular weight is 263 g/mol. The Bertz CT molecular complexity index is 566. The van der Waals surface area contributed by atoms with Crippen molar-refractivity contribution in [2.45, 2.75) is 12.3 Å². The second kappa shape index (κ2) is 5.32. The summed E-state index contributed by atoms with van der Waals surface area (Å²) < 4.78 is 13.0. The monoisotopic (exact) mass is 262 g/mol. The van der Waals surface area contributed by atoms with Crippen LogP contribution in [-0.2, 0) is 0 Å². The number of Topliss-reactive ketones (excluding diaryl/α,β-unsaturated/α-hetero) is 1. The SMILES string of the molecule is Cc1cc(F)ccc1C(=O)C(Cl)c1ccccc1. The number of hydrogen-bond acceptors (Lipinski definition) is 1. The number of ketones is 1. The van der Waals surface area contributed by atoms with Crippen LogP contribution in [0.4, 0.5) is 4.39 Å². The summed E-state index contributed by atoms with van der Waals surface area (Å²) >= 11 is 6.16. The Kier molecular flexibility index (Phi) is 3.78. The lowest BCUT2D eigenvalue weighted by Gasteiger charge is -2.10. The van der Waals surface area contributed by atoms with Crippen LogP contribution in [0, 0.1) is 12.7 Å². The Hall–Kier alpha value is -1.67. The number of carbonyl (C=O) groups is 1. The van der Waals surface area contributed by atoms with Gasteiger partial charge in [0.2, 0.25) is 0 Å². The fourth-order valence-corrected chi connectivity index (χ4v) is 2.08. The van der Waals surface area contributed by atoms with Crippen LogP contribution in [0.1, 0.15) is 26.9 Å². The molecule has 0 spiro atoms. The Morgan fingerprint density at radius 1 is 1.17 bits per heavy atom. The highest BCUT2D eigenvalue weighted by Crippen LogP contribution is 2.26. The third-order valence-electron chi connectivity index (χ3n) is 2.78. The highest BCUT2D eigenvalue weighted by Gasteiger charge is 2.20. The van der Waals surface area contributed by atoms with Gasteiger partial charge in [-0.15, -0.1) is 11.6 Å². The molecule has 1 unspecified atom stereocenters. The molecule has 2 rings (SSSR count). The molecule has 0 fully saturated rings. The average Bonchev–Trinajstić information content (AvgIpc) is 2.38. The third kappa shape index (κ3) is 2.59. The van der Waals surface area contributed by atoms with Crippen LogP contribution in [0.2, 0.25) is 0 Å². The summed E-state index contributed by atoms with van der Waals surface area (Å²) in [6.45, 7) is 1.70. The lowest BCUT2D eigenvalue weighted by atomic mass is 9.99. The fourth-order valence-electron chi connectivity index (χ4n) is 1.81. The second-order valence-electron chi connectivity index (χ2n) is 4.10. The number of alkyl halides is 1. The molecule has 18 heavy (non-hydrogen) atoms. The van der Waals surface area contributed by atoms with E-state index in [-0.39, 0.29) is 11.6 Å². The van der Waals surface area contributed by atoms with Crippen molar-refractivity contribution >= 4 is 17.4 Å². The molecule has 0 bridgehead atoms. The van der Waals surface area contributed by atoms with Gasteiger partial charge >= 0.3 is 0 Å². The van der Waals surface area contributed by atoms with Gasteiger partial charge in [0.25, 0.3) is 0 Å². The van der Waals surface area contributed by atoms with Crippen molar-refractivity contribution in [1.29, 1.82) is 0 Å². The van der Waals surface area contributed by atoms with E-state index in [1.54, 1.807) is 19.1 Å². The summed E-state index contributed by atoms with van der Waals surface area (Å²) in [4.78, 5) is 12.2. The van der Waals surface area contributed by atoms with Gasteiger partial charge in [0.05, 0.1) is 0 Å². The van der Waals surface area contributed by atoms with Gasteiger partial charge in [-0.3, -0.25) is 4.79 Å². The van der Waals surface area contributed by atoms with Gasteiger partial charge < -0.3 is 0 Å². The van der Waals surface area contributed by atoms with Crippen molar-refractivity contribution in [3.8, 4) is 0 Å². The van der Waals surface area contributed by atoms with E-state index in [9.17, 15) is 9.18 Å². The molecule has 2 aromatic rings. The summed E-state index contributed by atoms with van der Waals surface area (Å²) in [5.74, 6) is -0.560. The van der Waals surface area contributed by atoms with E-state index in [1.165, 1.54) is 18.2 Å². The molecule has 3 heteroatoms. The zero-order valence-electron chi connectivity index (χ0n) is 9.86. The maximum absolute atomic E-state index is 13.0. The van der Waals surface area contributed by atoms with Crippen LogP contribution in [0.15, 0.2) is 48.5 Å². The van der Waals surface area contributed by atoms with Crippen LogP contribution in [0.25, 0.3) is 0 Å². The molecule has 0 saturated carbocycles. The zero-order chi connectivity index (χ0) is 13.1. The van der Waals surface area contributed by atoms with Gasteiger partial charge in [-0.25, -0.2) is 4.39 Å². The predicted molar refractivity (Wildman–Crippen MR) is 70.5 cm³/mol. The van der Waals surface area contributed by atoms with Gasteiger partial charge in [-0.05, 0) is 36.2 Å². The minimum atomic E-state index is -0.740. The summed E-state index contributed by atoms with van der Waals surface area (Å²) in [5.41, 5.74) is 1.80. The number of aryl methyl sites for hydroxylation is 1. The Labute approximate surface area is 110 Å². The van der Waals surface area contributed by atoms with Crippen molar-refractivity contribution in [3.05, 3.63) is 71.0 Å². The number of halogens is 2. The minimum absolute atomic E-state index is 0.208. The van der Waals surface area contributed by atoms with E-state index >= 15 is 0 Å². The Morgan fingerprint density at radius 3 is 2.44 bits per heavy atom. The molecule has 0 aromatic heterocycles. The highest BCUT2D eigenvalue weighted by atomic mass is 35.5. The molecule has 2 aromatic carbocycles. The molecule has 1 atom stereocenters. The zero-order valence-corrected chi connectivity index (χ0v) is 10.6. The summed E-state index contributed by atoms with van der Waals surface area (Å²) in [5, 5.41) is -0.740. The predicted octanol–water partition coefficient (Wildman–Crippen LogP) is 4.30. The number of hydrogen-bond donors (Lipinski definition) is 0. The van der Waals surface area contributed by atoms with E-state index in [0.29, 0.717) is 11.1 Å². The number of benzene rings is 2. The normalized spacial score (nSPS) is 12.2. The smallest absolute Gasteiger partial charge is 0.185 e. The maximum atomic E-state index is 13.0. The summed E-state index contributed by atoms with van der Waals surface area (Å²) in [7, 11) is 0. The molecule has 1 nitrogen and oxygen atoms in total. The van der Waals surface area contributed by atoms with Crippen LogP contribution >= 0.6 is 11.6 Å².